The normalized spacial score (nSPS) is 11.6. The fraction of sp³-hybridized carbons (Fsp3) is 0.346. The summed E-state index contributed by atoms with van der Waals surface area (Å²) in [5, 5.41) is 15.1. The van der Waals surface area contributed by atoms with Gasteiger partial charge in [0.15, 0.2) is 11.0 Å². The second-order valence-corrected chi connectivity index (χ2v) is 9.36. The van der Waals surface area contributed by atoms with Crippen molar-refractivity contribution in [3.8, 4) is 5.75 Å². The minimum absolute atomic E-state index is 0.0470. The molecule has 11 heteroatoms. The second kappa shape index (κ2) is 12.9. The lowest BCUT2D eigenvalue weighted by molar-refractivity contribution is -0.113. The van der Waals surface area contributed by atoms with Crippen molar-refractivity contribution in [1.29, 1.82) is 0 Å². The van der Waals surface area contributed by atoms with Crippen LogP contribution in [0, 0.1) is 5.92 Å². The van der Waals surface area contributed by atoms with E-state index in [2.05, 4.69) is 25.6 Å². The molecule has 2 amide bonds. The maximum Gasteiger partial charge on any atom is 0.337 e. The Morgan fingerprint density at radius 1 is 0.973 bits per heavy atom. The molecule has 3 rings (SSSR count). The summed E-state index contributed by atoms with van der Waals surface area (Å²) in [7, 11) is 2.89. The van der Waals surface area contributed by atoms with E-state index in [1.807, 2.05) is 25.3 Å². The quantitative estimate of drug-likeness (QED) is 0.285. The molecule has 0 saturated heterocycles. The number of amides is 2. The highest BCUT2D eigenvalue weighted by Gasteiger charge is 2.26. The lowest BCUT2D eigenvalue weighted by Crippen LogP contribution is -2.33. The third kappa shape index (κ3) is 7.10. The van der Waals surface area contributed by atoms with Gasteiger partial charge in [-0.1, -0.05) is 25.6 Å². The first-order valence-corrected chi connectivity index (χ1v) is 12.7. The van der Waals surface area contributed by atoms with Crippen LogP contribution in [0.5, 0.6) is 5.75 Å². The number of nitrogens with zero attached hydrogens (tertiary/aromatic N) is 3. The minimum atomic E-state index is -0.442. The summed E-state index contributed by atoms with van der Waals surface area (Å²) < 4.78 is 11.7. The van der Waals surface area contributed by atoms with Crippen LogP contribution in [0.15, 0.2) is 53.7 Å². The van der Waals surface area contributed by atoms with Gasteiger partial charge in [-0.2, -0.15) is 0 Å². The number of hydrogen-bond donors (Lipinski definition) is 2. The first-order chi connectivity index (χ1) is 17.8. The number of nitrogens with one attached hydrogen (secondary N) is 2. The summed E-state index contributed by atoms with van der Waals surface area (Å²) >= 11 is 1.26. The lowest BCUT2D eigenvalue weighted by Gasteiger charge is -2.22. The van der Waals surface area contributed by atoms with Gasteiger partial charge in [0, 0.05) is 17.8 Å². The Balaban J connectivity index is 1.66. The van der Waals surface area contributed by atoms with Crippen LogP contribution in [0.25, 0.3) is 0 Å². The van der Waals surface area contributed by atoms with Crippen LogP contribution in [0.4, 0.5) is 5.69 Å². The number of ether oxygens (including phenoxy) is 2. The standard InChI is InChI=1S/C26H31N5O5S/c1-6-31-23(22(16(2)3)28-24(33)17-9-13-20(35-4)14-10-17)29-30-26(31)37-15-21(32)27-19-11-7-18(8-12-19)25(34)36-5/h7-14,16,22H,6,15H2,1-5H3,(H,27,32)(H,28,33)/t22-/m0/s1. The SMILES string of the molecule is CCn1c(SCC(=O)Nc2ccc(C(=O)OC)cc2)nnc1[C@@H](NC(=O)c1ccc(OC)cc1)C(C)C. The summed E-state index contributed by atoms with van der Waals surface area (Å²) in [6.07, 6.45) is 0. The molecular formula is C26H31N5O5S. The predicted molar refractivity (Wildman–Crippen MR) is 141 cm³/mol. The molecule has 2 N–H and O–H groups in total. The van der Waals surface area contributed by atoms with Gasteiger partial charge < -0.3 is 24.7 Å². The predicted octanol–water partition coefficient (Wildman–Crippen LogP) is 3.95. The fourth-order valence-corrected chi connectivity index (χ4v) is 4.37. The van der Waals surface area contributed by atoms with Crippen LogP contribution in [0.3, 0.4) is 0 Å². The van der Waals surface area contributed by atoms with Crippen molar-refractivity contribution in [3.05, 3.63) is 65.5 Å². The Labute approximate surface area is 220 Å². The number of anilines is 1. The Morgan fingerprint density at radius 3 is 2.19 bits per heavy atom. The molecule has 0 unspecified atom stereocenters. The van der Waals surface area contributed by atoms with Gasteiger partial charge >= 0.3 is 5.97 Å². The molecular weight excluding hydrogens is 494 g/mol. The lowest BCUT2D eigenvalue weighted by atomic mass is 10.0. The highest BCUT2D eigenvalue weighted by Crippen LogP contribution is 2.26. The van der Waals surface area contributed by atoms with Crippen LogP contribution >= 0.6 is 11.8 Å². The van der Waals surface area contributed by atoms with E-state index >= 15 is 0 Å². The molecule has 0 saturated carbocycles. The first kappa shape index (κ1) is 27.7. The smallest absolute Gasteiger partial charge is 0.337 e. The van der Waals surface area contributed by atoms with E-state index in [0.717, 1.165) is 0 Å². The largest absolute Gasteiger partial charge is 0.497 e. The minimum Gasteiger partial charge on any atom is -0.497 e. The summed E-state index contributed by atoms with van der Waals surface area (Å²) in [5.41, 5.74) is 1.48. The molecule has 37 heavy (non-hydrogen) atoms. The fourth-order valence-electron chi connectivity index (χ4n) is 3.57. The van der Waals surface area contributed by atoms with Crippen molar-refractivity contribution in [3.63, 3.8) is 0 Å². The molecule has 0 bridgehead atoms. The second-order valence-electron chi connectivity index (χ2n) is 8.41. The van der Waals surface area contributed by atoms with Crippen LogP contribution in [-0.2, 0) is 16.1 Å². The maximum absolute atomic E-state index is 12.9. The van der Waals surface area contributed by atoms with E-state index in [9.17, 15) is 14.4 Å². The van der Waals surface area contributed by atoms with E-state index in [0.29, 0.717) is 40.1 Å². The van der Waals surface area contributed by atoms with Crippen LogP contribution in [0.1, 0.15) is 53.4 Å². The van der Waals surface area contributed by atoms with E-state index in [1.165, 1.54) is 18.9 Å². The molecule has 0 aliphatic carbocycles. The van der Waals surface area contributed by atoms with Crippen molar-refractivity contribution in [1.82, 2.24) is 20.1 Å². The molecule has 1 atom stereocenters. The summed E-state index contributed by atoms with van der Waals surface area (Å²) in [5.74, 6) is 0.567. The zero-order valence-electron chi connectivity index (χ0n) is 21.5. The number of aromatic nitrogens is 3. The molecule has 10 nitrogen and oxygen atoms in total. The van der Waals surface area contributed by atoms with Crippen LogP contribution < -0.4 is 15.4 Å². The number of carbonyl (C=O) groups is 3. The number of benzene rings is 2. The Morgan fingerprint density at radius 2 is 1.62 bits per heavy atom. The zero-order valence-corrected chi connectivity index (χ0v) is 22.3. The first-order valence-electron chi connectivity index (χ1n) is 11.8. The Kier molecular flexibility index (Phi) is 9.67. The topological polar surface area (TPSA) is 124 Å². The van der Waals surface area contributed by atoms with Crippen LogP contribution in [-0.4, -0.2) is 52.5 Å². The van der Waals surface area contributed by atoms with E-state index in [1.54, 1.807) is 55.6 Å². The van der Waals surface area contributed by atoms with Gasteiger partial charge in [0.2, 0.25) is 5.91 Å². The van der Waals surface area contributed by atoms with Crippen molar-refractivity contribution >= 4 is 35.2 Å². The molecule has 0 aliphatic rings. The number of carbonyl (C=O) groups excluding carboxylic acids is 3. The van der Waals surface area contributed by atoms with Gasteiger partial charge in [-0.15, -0.1) is 10.2 Å². The van der Waals surface area contributed by atoms with Crippen molar-refractivity contribution in [2.45, 2.75) is 38.5 Å². The Bertz CT molecular complexity index is 1230. The van der Waals surface area contributed by atoms with E-state index < -0.39 is 5.97 Å². The van der Waals surface area contributed by atoms with Crippen molar-refractivity contribution in [2.24, 2.45) is 5.92 Å². The summed E-state index contributed by atoms with van der Waals surface area (Å²) in [4.78, 5) is 37.0. The van der Waals surface area contributed by atoms with E-state index in [4.69, 9.17) is 4.74 Å². The summed E-state index contributed by atoms with van der Waals surface area (Å²) in [6, 6.07) is 13.0. The Hall–Kier alpha value is -3.86. The summed E-state index contributed by atoms with van der Waals surface area (Å²) in [6.45, 7) is 6.53. The number of rotatable bonds is 11. The molecule has 1 heterocycles. The third-order valence-corrected chi connectivity index (χ3v) is 6.53. The number of esters is 1. The average Bonchev–Trinajstić information content (AvgIpc) is 3.32. The van der Waals surface area contributed by atoms with E-state index in [-0.39, 0.29) is 29.5 Å². The maximum atomic E-state index is 12.9. The van der Waals surface area contributed by atoms with Gasteiger partial charge in [-0.3, -0.25) is 9.59 Å². The molecule has 2 aromatic carbocycles. The molecule has 0 fully saturated rings. The van der Waals surface area contributed by atoms with Gasteiger partial charge in [-0.05, 0) is 61.4 Å². The molecule has 0 aliphatic heterocycles. The van der Waals surface area contributed by atoms with Gasteiger partial charge in [-0.25, -0.2) is 4.79 Å². The van der Waals surface area contributed by atoms with Crippen molar-refractivity contribution in [2.75, 3.05) is 25.3 Å². The number of thioether (sulfide) groups is 1. The molecule has 3 aromatic rings. The third-order valence-electron chi connectivity index (χ3n) is 5.57. The molecule has 1 aromatic heterocycles. The monoisotopic (exact) mass is 525 g/mol. The molecule has 0 radical (unpaired) electrons. The van der Waals surface area contributed by atoms with Gasteiger partial charge in [0.25, 0.3) is 5.91 Å². The van der Waals surface area contributed by atoms with Gasteiger partial charge in [0.1, 0.15) is 5.75 Å². The zero-order chi connectivity index (χ0) is 26.9. The average molecular weight is 526 g/mol. The highest BCUT2D eigenvalue weighted by molar-refractivity contribution is 7.99. The van der Waals surface area contributed by atoms with Crippen LogP contribution in [0.2, 0.25) is 0 Å². The molecule has 0 spiro atoms. The highest BCUT2D eigenvalue weighted by atomic mass is 32.2. The van der Waals surface area contributed by atoms with Gasteiger partial charge in [0.05, 0.1) is 31.6 Å². The number of methoxy groups -OCH3 is 2. The van der Waals surface area contributed by atoms with Crippen molar-refractivity contribution < 1.29 is 23.9 Å². The molecule has 196 valence electrons. The number of hydrogen-bond acceptors (Lipinski definition) is 8.